The predicted octanol–water partition coefficient (Wildman–Crippen LogP) is 0.673. The molecule has 0 saturated carbocycles. The second-order valence-electron chi connectivity index (χ2n) is 7.33. The third-order valence-electron chi connectivity index (χ3n) is 5.21. The van der Waals surface area contributed by atoms with Gasteiger partial charge in [0, 0.05) is 26.2 Å². The Balaban J connectivity index is 1.60. The molecule has 3 rings (SSSR count). The molecule has 10 nitrogen and oxygen atoms in total. The van der Waals surface area contributed by atoms with Crippen LogP contribution in [0.4, 0.5) is 0 Å². The van der Waals surface area contributed by atoms with Crippen molar-refractivity contribution in [3.05, 3.63) is 60.2 Å². The van der Waals surface area contributed by atoms with Gasteiger partial charge in [-0.3, -0.25) is 4.79 Å². The molecule has 0 aromatic heterocycles. The summed E-state index contributed by atoms with van der Waals surface area (Å²) < 4.78 is 58.0. The van der Waals surface area contributed by atoms with Crippen LogP contribution in [0.1, 0.15) is 17.3 Å². The predicted molar refractivity (Wildman–Crippen MR) is 119 cm³/mol. The number of sulfonamides is 2. The summed E-state index contributed by atoms with van der Waals surface area (Å²) in [6.07, 6.45) is -1.13. The lowest BCUT2D eigenvalue weighted by atomic mass is 10.2. The van der Waals surface area contributed by atoms with Crippen molar-refractivity contribution in [1.82, 2.24) is 13.9 Å². The number of esters is 1. The number of benzene rings is 2. The molecular weight excluding hydrogens is 470 g/mol. The van der Waals surface area contributed by atoms with Gasteiger partial charge in [0.15, 0.2) is 6.10 Å². The normalized spacial score (nSPS) is 16.2. The Hall–Kier alpha value is -2.80. The van der Waals surface area contributed by atoms with Gasteiger partial charge in [-0.05, 0) is 44.3 Å². The summed E-state index contributed by atoms with van der Waals surface area (Å²) in [7, 11) is -6.13. The van der Waals surface area contributed by atoms with Gasteiger partial charge < -0.3 is 9.64 Å². The number of rotatable bonds is 7. The Morgan fingerprint density at radius 3 is 2.12 bits per heavy atom. The number of hydrogen-bond acceptors (Lipinski definition) is 7. The molecule has 1 aliphatic heterocycles. The van der Waals surface area contributed by atoms with Gasteiger partial charge in [0.25, 0.3) is 5.91 Å². The van der Waals surface area contributed by atoms with Gasteiger partial charge in [0.05, 0.1) is 15.4 Å². The second kappa shape index (κ2) is 10.00. The molecule has 12 heteroatoms. The lowest BCUT2D eigenvalue weighted by molar-refractivity contribution is -0.141. The quantitative estimate of drug-likeness (QED) is 0.559. The molecule has 1 fully saturated rings. The van der Waals surface area contributed by atoms with Crippen molar-refractivity contribution in [2.45, 2.75) is 22.8 Å². The highest BCUT2D eigenvalue weighted by Gasteiger charge is 2.32. The Bertz CT molecular complexity index is 1220. The molecule has 33 heavy (non-hydrogen) atoms. The second-order valence-corrected chi connectivity index (χ2v) is 11.1. The maximum absolute atomic E-state index is 12.7. The highest BCUT2D eigenvalue weighted by atomic mass is 32.2. The van der Waals surface area contributed by atoms with Crippen molar-refractivity contribution in [2.24, 2.45) is 0 Å². The first-order chi connectivity index (χ1) is 15.6. The van der Waals surface area contributed by atoms with E-state index in [1.165, 1.54) is 59.6 Å². The number of nitrogens with zero attached hydrogens (tertiary/aromatic N) is 2. The van der Waals surface area contributed by atoms with Crippen LogP contribution in [0.5, 0.6) is 0 Å². The SMILES string of the molecule is CNS(=O)(=O)c1cccc(C(=O)OC(C)C(=O)N2CCN(S(=O)(=O)c3ccccc3)CC2)c1. The third-order valence-corrected chi connectivity index (χ3v) is 8.54. The summed E-state index contributed by atoms with van der Waals surface area (Å²) >= 11 is 0. The molecule has 1 unspecified atom stereocenters. The van der Waals surface area contributed by atoms with Crippen molar-refractivity contribution in [3.63, 3.8) is 0 Å². The van der Waals surface area contributed by atoms with E-state index in [1.807, 2.05) is 0 Å². The van der Waals surface area contributed by atoms with Crippen molar-refractivity contribution < 1.29 is 31.2 Å². The molecule has 1 N–H and O–H groups in total. The minimum atomic E-state index is -3.74. The van der Waals surface area contributed by atoms with Crippen molar-refractivity contribution in [1.29, 1.82) is 0 Å². The molecule has 1 saturated heterocycles. The summed E-state index contributed by atoms with van der Waals surface area (Å²) in [4.78, 5) is 26.7. The number of carbonyl (C=O) groups is 2. The first-order valence-corrected chi connectivity index (χ1v) is 13.1. The first-order valence-electron chi connectivity index (χ1n) is 10.1. The fourth-order valence-corrected chi connectivity index (χ4v) is 5.55. The highest BCUT2D eigenvalue weighted by molar-refractivity contribution is 7.89. The zero-order valence-electron chi connectivity index (χ0n) is 18.2. The van der Waals surface area contributed by atoms with Crippen LogP contribution >= 0.6 is 0 Å². The number of hydrogen-bond donors (Lipinski definition) is 1. The molecule has 1 amide bonds. The average molecular weight is 496 g/mol. The van der Waals surface area contributed by atoms with E-state index in [4.69, 9.17) is 4.74 Å². The van der Waals surface area contributed by atoms with Gasteiger partial charge in [-0.1, -0.05) is 24.3 Å². The van der Waals surface area contributed by atoms with Gasteiger partial charge in [-0.2, -0.15) is 4.31 Å². The van der Waals surface area contributed by atoms with Crippen molar-refractivity contribution in [2.75, 3.05) is 33.2 Å². The average Bonchev–Trinajstić information content (AvgIpc) is 2.84. The highest BCUT2D eigenvalue weighted by Crippen LogP contribution is 2.18. The lowest BCUT2D eigenvalue weighted by Crippen LogP contribution is -2.52. The molecule has 178 valence electrons. The fraction of sp³-hybridized carbons (Fsp3) is 0.333. The summed E-state index contributed by atoms with van der Waals surface area (Å²) in [6.45, 7) is 1.97. The minimum absolute atomic E-state index is 0.00949. The van der Waals surface area contributed by atoms with Crippen molar-refractivity contribution in [3.8, 4) is 0 Å². The lowest BCUT2D eigenvalue weighted by Gasteiger charge is -2.35. The largest absolute Gasteiger partial charge is 0.449 e. The minimum Gasteiger partial charge on any atom is -0.449 e. The van der Waals surface area contributed by atoms with Gasteiger partial charge in [-0.15, -0.1) is 0 Å². The molecular formula is C21H25N3O7S2. The zero-order valence-corrected chi connectivity index (χ0v) is 19.8. The monoisotopic (exact) mass is 495 g/mol. The number of nitrogens with one attached hydrogen (secondary N) is 1. The van der Waals surface area contributed by atoms with E-state index in [9.17, 15) is 26.4 Å². The zero-order chi connectivity index (χ0) is 24.2. The summed E-state index contributed by atoms with van der Waals surface area (Å²) in [5.74, 6) is -1.30. The van der Waals surface area contributed by atoms with Gasteiger partial charge in [0.1, 0.15) is 0 Å². The number of piperazine rings is 1. The van der Waals surface area contributed by atoms with Crippen molar-refractivity contribution >= 4 is 31.9 Å². The Morgan fingerprint density at radius 1 is 0.909 bits per heavy atom. The Labute approximate surface area is 193 Å². The van der Waals surface area contributed by atoms with Crippen LogP contribution in [0.3, 0.4) is 0 Å². The summed E-state index contributed by atoms with van der Waals surface area (Å²) in [5, 5.41) is 0. The standard InChI is InChI=1S/C21H25N3O7S2/c1-16(31-21(26)17-7-6-10-19(15-17)32(27,28)22-2)20(25)23-11-13-24(14-12-23)33(29,30)18-8-4-3-5-9-18/h3-10,15-16,22H,11-14H2,1-2H3. The Kier molecular flexibility index (Phi) is 7.52. The van der Waals surface area contributed by atoms with E-state index in [2.05, 4.69) is 4.72 Å². The Morgan fingerprint density at radius 2 is 1.52 bits per heavy atom. The molecule has 2 aromatic carbocycles. The first kappa shape index (κ1) is 24.8. The maximum atomic E-state index is 12.7. The van der Waals surface area contributed by atoms with Gasteiger partial charge >= 0.3 is 5.97 Å². The van der Waals surface area contributed by atoms with Crippen LogP contribution in [0.25, 0.3) is 0 Å². The van der Waals surface area contributed by atoms with E-state index in [0.29, 0.717) is 0 Å². The number of amides is 1. The van der Waals surface area contributed by atoms with Crippen LogP contribution in [-0.4, -0.2) is 77.2 Å². The molecule has 0 bridgehead atoms. The van der Waals surface area contributed by atoms with Crippen LogP contribution in [-0.2, 0) is 29.6 Å². The van der Waals surface area contributed by atoms with E-state index < -0.39 is 38.0 Å². The number of carbonyl (C=O) groups excluding carboxylic acids is 2. The summed E-state index contributed by atoms with van der Waals surface area (Å²) in [6, 6.07) is 13.4. The molecule has 1 aliphatic rings. The third kappa shape index (κ3) is 5.58. The van der Waals surface area contributed by atoms with E-state index in [-0.39, 0.29) is 41.5 Å². The van der Waals surface area contributed by atoms with Crippen LogP contribution < -0.4 is 4.72 Å². The van der Waals surface area contributed by atoms with Gasteiger partial charge in [0.2, 0.25) is 20.0 Å². The van der Waals surface area contributed by atoms with E-state index in [1.54, 1.807) is 18.2 Å². The van der Waals surface area contributed by atoms with Crippen LogP contribution in [0.2, 0.25) is 0 Å². The molecule has 2 aromatic rings. The smallest absolute Gasteiger partial charge is 0.338 e. The molecule has 0 spiro atoms. The van der Waals surface area contributed by atoms with Crippen LogP contribution in [0, 0.1) is 0 Å². The fourth-order valence-electron chi connectivity index (χ4n) is 3.33. The van der Waals surface area contributed by atoms with Gasteiger partial charge in [-0.25, -0.2) is 26.4 Å². The maximum Gasteiger partial charge on any atom is 0.338 e. The molecule has 0 radical (unpaired) electrons. The molecule has 1 heterocycles. The van der Waals surface area contributed by atoms with E-state index in [0.717, 1.165) is 0 Å². The molecule has 1 atom stereocenters. The number of ether oxygens (including phenoxy) is 1. The van der Waals surface area contributed by atoms with Crippen LogP contribution in [0.15, 0.2) is 64.4 Å². The topological polar surface area (TPSA) is 130 Å². The van der Waals surface area contributed by atoms with E-state index >= 15 is 0 Å². The molecule has 0 aliphatic carbocycles. The summed E-state index contributed by atoms with van der Waals surface area (Å²) in [5.41, 5.74) is -0.00949.